The van der Waals surface area contributed by atoms with Crippen molar-refractivity contribution in [3.8, 4) is 0 Å². The average molecular weight is 295 g/mol. The maximum Gasteiger partial charge on any atom is 0.0545 e. The van der Waals surface area contributed by atoms with Gasteiger partial charge >= 0.3 is 0 Å². The quantitative estimate of drug-likeness (QED) is 0.787. The van der Waals surface area contributed by atoms with Crippen LogP contribution < -0.4 is 5.32 Å². The minimum Gasteiger partial charge on any atom is -0.313 e. The summed E-state index contributed by atoms with van der Waals surface area (Å²) in [6.07, 6.45) is 1.11. The van der Waals surface area contributed by atoms with Gasteiger partial charge < -0.3 is 5.32 Å². The molecule has 0 bridgehead atoms. The van der Waals surface area contributed by atoms with Gasteiger partial charge in [-0.15, -0.1) is 0 Å². The van der Waals surface area contributed by atoms with Crippen LogP contribution in [0.15, 0.2) is 29.2 Å². The molecular formula is C17H29NOS. The second-order valence-corrected chi connectivity index (χ2v) is 7.54. The molecule has 2 atom stereocenters. The predicted octanol–water partition coefficient (Wildman–Crippen LogP) is 3.94. The Morgan fingerprint density at radius 1 is 1.10 bits per heavy atom. The van der Waals surface area contributed by atoms with Gasteiger partial charge in [0.25, 0.3) is 0 Å². The lowest BCUT2D eigenvalue weighted by atomic mass is 10.0. The van der Waals surface area contributed by atoms with E-state index >= 15 is 0 Å². The molecule has 0 heterocycles. The average Bonchev–Trinajstić information content (AvgIpc) is 2.42. The first-order valence-corrected chi connectivity index (χ1v) is 8.99. The second kappa shape index (κ2) is 8.58. The van der Waals surface area contributed by atoms with E-state index in [1.807, 2.05) is 12.1 Å². The van der Waals surface area contributed by atoms with Crippen LogP contribution in [-0.2, 0) is 10.8 Å². The Balaban J connectivity index is 2.68. The molecule has 1 N–H and O–H groups in total. The molecule has 20 heavy (non-hydrogen) atoms. The molecule has 114 valence electrons. The summed E-state index contributed by atoms with van der Waals surface area (Å²) < 4.78 is 12.5. The zero-order valence-electron chi connectivity index (χ0n) is 13.5. The molecule has 0 radical (unpaired) electrons. The summed E-state index contributed by atoms with van der Waals surface area (Å²) in [6, 6.07) is 8.55. The standard InChI is InChI=1S/C17H29NOS/c1-6-11-18-17(14(4)5)12-20(19)16-9-7-15(8-10-16)13(2)3/h7-10,13-14,17-18H,6,11-12H2,1-5H3. The van der Waals surface area contributed by atoms with Crippen molar-refractivity contribution in [2.75, 3.05) is 12.3 Å². The van der Waals surface area contributed by atoms with Gasteiger partial charge in [0, 0.05) is 16.7 Å². The van der Waals surface area contributed by atoms with Crippen LogP contribution in [0, 0.1) is 5.92 Å². The second-order valence-electron chi connectivity index (χ2n) is 6.04. The fourth-order valence-corrected chi connectivity index (χ4v) is 3.54. The Hall–Kier alpha value is -0.670. The Morgan fingerprint density at radius 3 is 2.15 bits per heavy atom. The summed E-state index contributed by atoms with van der Waals surface area (Å²) in [6.45, 7) is 11.9. The Kier molecular flexibility index (Phi) is 7.46. The van der Waals surface area contributed by atoms with Crippen molar-refractivity contribution in [1.82, 2.24) is 5.32 Å². The van der Waals surface area contributed by atoms with Crippen molar-refractivity contribution < 1.29 is 4.21 Å². The van der Waals surface area contributed by atoms with Crippen molar-refractivity contribution in [1.29, 1.82) is 0 Å². The summed E-state index contributed by atoms with van der Waals surface area (Å²) in [4.78, 5) is 0.943. The van der Waals surface area contributed by atoms with E-state index in [1.54, 1.807) is 0 Å². The van der Waals surface area contributed by atoms with Crippen LogP contribution in [0.3, 0.4) is 0 Å². The number of hydrogen-bond donors (Lipinski definition) is 1. The molecule has 0 aliphatic carbocycles. The minimum atomic E-state index is -0.922. The molecule has 2 unspecified atom stereocenters. The maximum absolute atomic E-state index is 12.5. The van der Waals surface area contributed by atoms with E-state index in [9.17, 15) is 4.21 Å². The molecule has 0 aliphatic heterocycles. The van der Waals surface area contributed by atoms with Gasteiger partial charge in [0.05, 0.1) is 10.8 Å². The molecule has 0 aliphatic rings. The van der Waals surface area contributed by atoms with Crippen LogP contribution in [0.2, 0.25) is 0 Å². The highest BCUT2D eigenvalue weighted by molar-refractivity contribution is 7.85. The first-order chi connectivity index (χ1) is 9.45. The van der Waals surface area contributed by atoms with Gasteiger partial charge in [-0.25, -0.2) is 0 Å². The van der Waals surface area contributed by atoms with E-state index in [4.69, 9.17) is 0 Å². The largest absolute Gasteiger partial charge is 0.313 e. The smallest absolute Gasteiger partial charge is 0.0545 e. The van der Waals surface area contributed by atoms with E-state index in [2.05, 4.69) is 52.1 Å². The molecule has 0 saturated heterocycles. The number of hydrogen-bond acceptors (Lipinski definition) is 2. The van der Waals surface area contributed by atoms with Crippen LogP contribution in [0.25, 0.3) is 0 Å². The molecule has 1 aromatic carbocycles. The molecule has 0 aromatic heterocycles. The summed E-state index contributed by atoms with van der Waals surface area (Å²) in [5, 5.41) is 3.51. The van der Waals surface area contributed by atoms with Gasteiger partial charge in [0.1, 0.15) is 0 Å². The van der Waals surface area contributed by atoms with E-state index in [1.165, 1.54) is 5.56 Å². The van der Waals surface area contributed by atoms with Gasteiger partial charge in [-0.3, -0.25) is 4.21 Å². The Labute approximate surface area is 126 Å². The molecule has 1 rings (SSSR count). The summed E-state index contributed by atoms with van der Waals surface area (Å²) in [5.74, 6) is 1.71. The van der Waals surface area contributed by atoms with Crippen molar-refractivity contribution in [2.45, 2.75) is 57.9 Å². The van der Waals surface area contributed by atoms with E-state index in [-0.39, 0.29) is 0 Å². The third kappa shape index (κ3) is 5.37. The van der Waals surface area contributed by atoms with Crippen LogP contribution in [-0.4, -0.2) is 22.5 Å². The van der Waals surface area contributed by atoms with Gasteiger partial charge in [-0.2, -0.15) is 0 Å². The predicted molar refractivity (Wildman–Crippen MR) is 88.7 cm³/mol. The van der Waals surface area contributed by atoms with Crippen LogP contribution in [0.1, 0.15) is 52.5 Å². The van der Waals surface area contributed by atoms with Crippen LogP contribution in [0.4, 0.5) is 0 Å². The van der Waals surface area contributed by atoms with E-state index < -0.39 is 10.8 Å². The molecule has 0 spiro atoms. The fraction of sp³-hybridized carbons (Fsp3) is 0.647. The zero-order valence-corrected chi connectivity index (χ0v) is 14.3. The highest BCUT2D eigenvalue weighted by Crippen LogP contribution is 2.17. The van der Waals surface area contributed by atoms with E-state index in [0.717, 1.165) is 17.9 Å². The lowest BCUT2D eigenvalue weighted by Crippen LogP contribution is -2.38. The summed E-state index contributed by atoms with van der Waals surface area (Å²) in [5.41, 5.74) is 1.30. The van der Waals surface area contributed by atoms with Gasteiger partial charge in [0.15, 0.2) is 0 Å². The third-order valence-electron chi connectivity index (χ3n) is 3.60. The third-order valence-corrected chi connectivity index (χ3v) is 5.06. The number of benzene rings is 1. The van der Waals surface area contributed by atoms with E-state index in [0.29, 0.717) is 23.6 Å². The lowest BCUT2D eigenvalue weighted by molar-refractivity contribution is 0.431. The van der Waals surface area contributed by atoms with Gasteiger partial charge in [0.2, 0.25) is 0 Å². The number of rotatable bonds is 8. The normalized spacial score (nSPS) is 14.8. The molecule has 3 heteroatoms. The highest BCUT2D eigenvalue weighted by atomic mass is 32.2. The van der Waals surface area contributed by atoms with Gasteiger partial charge in [-0.05, 0) is 42.5 Å². The molecule has 0 saturated carbocycles. The maximum atomic E-state index is 12.5. The minimum absolute atomic E-state index is 0.320. The Bertz CT molecular complexity index is 412. The Morgan fingerprint density at radius 2 is 1.70 bits per heavy atom. The summed E-state index contributed by atoms with van der Waals surface area (Å²) >= 11 is 0. The van der Waals surface area contributed by atoms with Gasteiger partial charge in [-0.1, -0.05) is 46.8 Å². The van der Waals surface area contributed by atoms with Crippen molar-refractivity contribution in [3.63, 3.8) is 0 Å². The van der Waals surface area contributed by atoms with Crippen LogP contribution >= 0.6 is 0 Å². The molecule has 2 nitrogen and oxygen atoms in total. The van der Waals surface area contributed by atoms with Crippen molar-refractivity contribution >= 4 is 10.8 Å². The summed E-state index contributed by atoms with van der Waals surface area (Å²) in [7, 11) is -0.922. The first kappa shape index (κ1) is 17.4. The molecular weight excluding hydrogens is 266 g/mol. The molecule has 0 amide bonds. The van der Waals surface area contributed by atoms with Crippen LogP contribution in [0.5, 0.6) is 0 Å². The monoisotopic (exact) mass is 295 g/mol. The molecule has 0 fully saturated rings. The zero-order chi connectivity index (χ0) is 15.1. The number of nitrogens with one attached hydrogen (secondary N) is 1. The lowest BCUT2D eigenvalue weighted by Gasteiger charge is -2.22. The fourth-order valence-electron chi connectivity index (χ4n) is 2.08. The first-order valence-electron chi connectivity index (χ1n) is 7.67. The highest BCUT2D eigenvalue weighted by Gasteiger charge is 2.17. The van der Waals surface area contributed by atoms with Crippen molar-refractivity contribution in [3.05, 3.63) is 29.8 Å². The van der Waals surface area contributed by atoms with Crippen molar-refractivity contribution in [2.24, 2.45) is 5.92 Å². The molecule has 1 aromatic rings. The SMILES string of the molecule is CCCNC(CS(=O)c1ccc(C(C)C)cc1)C(C)C. The topological polar surface area (TPSA) is 29.1 Å².